The highest BCUT2D eigenvalue weighted by Gasteiger charge is 2.73. The van der Waals surface area contributed by atoms with E-state index in [1.54, 1.807) is 0 Å². The van der Waals surface area contributed by atoms with E-state index in [1.807, 2.05) is 12.1 Å². The van der Waals surface area contributed by atoms with E-state index < -0.39 is 24.5 Å². The van der Waals surface area contributed by atoms with Gasteiger partial charge in [-0.2, -0.15) is 8.67 Å². The SMILES string of the molecule is C[Si](C)(C)N1c2ccccc2O[P+]12Oc1ccccc1N2[Si](C)(C)C. The van der Waals surface area contributed by atoms with Gasteiger partial charge < -0.3 is 0 Å². The number of fused-ring (bicyclic) bond motifs is 2. The molecule has 2 heterocycles. The van der Waals surface area contributed by atoms with Gasteiger partial charge in [0.15, 0.2) is 0 Å². The molecule has 0 saturated heterocycles. The molecule has 0 atom stereocenters. The van der Waals surface area contributed by atoms with E-state index in [9.17, 15) is 0 Å². The molecule has 2 aromatic carbocycles. The van der Waals surface area contributed by atoms with Crippen LogP contribution >= 0.6 is 8.02 Å². The average Bonchev–Trinajstić information content (AvgIpc) is 2.99. The van der Waals surface area contributed by atoms with Gasteiger partial charge in [0, 0.05) is 0 Å². The highest BCUT2D eigenvalue weighted by Crippen LogP contribution is 2.79. The Balaban J connectivity index is 1.97. The third kappa shape index (κ3) is 2.42. The molecule has 0 saturated carbocycles. The van der Waals surface area contributed by atoms with Crippen LogP contribution in [-0.2, 0) is 0 Å². The van der Waals surface area contributed by atoms with Crippen molar-refractivity contribution in [2.75, 3.05) is 8.67 Å². The first kappa shape index (κ1) is 16.9. The highest BCUT2D eigenvalue weighted by molar-refractivity contribution is 7.76. The predicted octanol–water partition coefficient (Wildman–Crippen LogP) is 6.13. The number of hydrogen-bond donors (Lipinski definition) is 0. The fourth-order valence-corrected chi connectivity index (χ4v) is 15.1. The van der Waals surface area contributed by atoms with Crippen LogP contribution in [-0.4, -0.2) is 16.5 Å². The van der Waals surface area contributed by atoms with E-state index in [4.69, 9.17) is 9.05 Å². The van der Waals surface area contributed by atoms with E-state index in [-0.39, 0.29) is 0 Å². The summed E-state index contributed by atoms with van der Waals surface area (Å²) >= 11 is 0. The Morgan fingerprint density at radius 1 is 0.640 bits per heavy atom. The molecule has 4 rings (SSSR count). The summed E-state index contributed by atoms with van der Waals surface area (Å²) < 4.78 is 18.5. The monoisotopic (exact) mass is 389 g/mol. The van der Waals surface area contributed by atoms with Gasteiger partial charge >= 0.3 is 8.02 Å². The first-order chi connectivity index (χ1) is 11.6. The molecule has 0 radical (unpaired) electrons. The molecule has 4 nitrogen and oxygen atoms in total. The molecule has 0 bridgehead atoms. The number of benzene rings is 2. The van der Waals surface area contributed by atoms with Gasteiger partial charge in [-0.15, -0.1) is 0 Å². The number of rotatable bonds is 2. The lowest BCUT2D eigenvalue weighted by Gasteiger charge is -2.40. The van der Waals surface area contributed by atoms with Crippen molar-refractivity contribution in [3.8, 4) is 11.5 Å². The fourth-order valence-electron chi connectivity index (χ4n) is 3.70. The molecule has 2 aliphatic rings. The molecule has 1 spiro atoms. The molecule has 7 heteroatoms. The Hall–Kier alpha value is -1.50. The quantitative estimate of drug-likeness (QED) is 0.455. The van der Waals surface area contributed by atoms with Crippen molar-refractivity contribution >= 4 is 35.9 Å². The summed E-state index contributed by atoms with van der Waals surface area (Å²) in [7, 11) is -5.95. The molecule has 0 amide bonds. The number of nitrogens with zero attached hydrogens (tertiary/aromatic N) is 2. The second-order valence-corrected chi connectivity index (χ2v) is 21.1. The summed E-state index contributed by atoms with van der Waals surface area (Å²) in [6.45, 7) is 14.2. The van der Waals surface area contributed by atoms with Crippen LogP contribution in [0.15, 0.2) is 48.5 Å². The third-order valence-corrected chi connectivity index (χ3v) is 14.8. The van der Waals surface area contributed by atoms with Crippen molar-refractivity contribution in [3.63, 3.8) is 0 Å². The third-order valence-electron chi connectivity index (χ3n) is 4.40. The number of hydrogen-bond acceptors (Lipinski definition) is 4. The van der Waals surface area contributed by atoms with Gasteiger partial charge in [-0.1, -0.05) is 24.3 Å². The van der Waals surface area contributed by atoms with Crippen molar-refractivity contribution in [1.82, 2.24) is 0 Å². The molecule has 0 fully saturated rings. The molecule has 0 aliphatic carbocycles. The maximum atomic E-state index is 6.73. The zero-order valence-corrected chi connectivity index (χ0v) is 18.7. The lowest BCUT2D eigenvalue weighted by atomic mass is 10.3. The van der Waals surface area contributed by atoms with Crippen LogP contribution in [0.25, 0.3) is 0 Å². The second-order valence-electron chi connectivity index (χ2n) is 8.57. The Morgan fingerprint density at radius 3 is 1.36 bits per heavy atom. The van der Waals surface area contributed by atoms with Crippen molar-refractivity contribution in [2.45, 2.75) is 39.3 Å². The molecule has 2 aromatic rings. The summed E-state index contributed by atoms with van der Waals surface area (Å²) in [4.78, 5) is 0. The Morgan fingerprint density at radius 2 is 1.00 bits per heavy atom. The lowest BCUT2D eigenvalue weighted by Crippen LogP contribution is -2.55. The van der Waals surface area contributed by atoms with Crippen molar-refractivity contribution in [2.24, 2.45) is 0 Å². The minimum absolute atomic E-state index is 0.953. The molecule has 25 heavy (non-hydrogen) atoms. The second kappa shape index (κ2) is 5.25. The molecular formula is C18H26N2O2PSi2+. The summed E-state index contributed by atoms with van der Waals surface area (Å²) in [5.41, 5.74) is 2.37. The smallest absolute Gasteiger partial charge is 0.263 e. The molecule has 0 aromatic heterocycles. The van der Waals surface area contributed by atoms with Gasteiger partial charge in [-0.25, -0.2) is 0 Å². The van der Waals surface area contributed by atoms with Crippen molar-refractivity contribution < 1.29 is 9.05 Å². The van der Waals surface area contributed by atoms with Crippen LogP contribution in [0.1, 0.15) is 0 Å². The standard InChI is InChI=1S/C18H26N2O2PSi2/c1-24(2,3)19-15-11-7-9-13-17(15)21-23(19)20(25(4,5)6)16-12-8-10-14-18(16)22-23/h7-14H,1-6H3/q+1. The highest BCUT2D eigenvalue weighted by atomic mass is 31.2. The fraction of sp³-hybridized carbons (Fsp3) is 0.333. The Bertz CT molecular complexity index is 763. The van der Waals surface area contributed by atoms with Gasteiger partial charge in [0.2, 0.25) is 28.0 Å². The van der Waals surface area contributed by atoms with Gasteiger partial charge in [0.1, 0.15) is 11.4 Å². The molecule has 0 unspecified atom stereocenters. The molecule has 2 aliphatic heterocycles. The molecule has 0 N–H and O–H groups in total. The van der Waals surface area contributed by atoms with Gasteiger partial charge in [0.05, 0.1) is 0 Å². The van der Waals surface area contributed by atoms with Crippen LogP contribution < -0.4 is 17.7 Å². The van der Waals surface area contributed by atoms with Crippen molar-refractivity contribution in [1.29, 1.82) is 0 Å². The average molecular weight is 390 g/mol. The van der Waals surface area contributed by atoms with Gasteiger partial charge in [-0.05, 0) is 63.5 Å². The van der Waals surface area contributed by atoms with E-state index in [2.05, 4.69) is 84.4 Å². The summed E-state index contributed by atoms with van der Waals surface area (Å²) in [5.74, 6) is 1.91. The molecular weight excluding hydrogens is 363 g/mol. The van der Waals surface area contributed by atoms with E-state index in [1.165, 1.54) is 11.4 Å². The van der Waals surface area contributed by atoms with E-state index >= 15 is 0 Å². The zero-order chi connectivity index (χ0) is 18.0. The van der Waals surface area contributed by atoms with Gasteiger partial charge in [-0.3, -0.25) is 9.05 Å². The lowest BCUT2D eigenvalue weighted by molar-refractivity contribution is 0.492. The number of anilines is 2. The summed E-state index contributed by atoms with van der Waals surface area (Å²) in [5, 5.41) is 0. The first-order valence-corrected chi connectivity index (χ1v) is 17.1. The summed E-state index contributed by atoms with van der Waals surface area (Å²) in [6.07, 6.45) is 0. The first-order valence-electron chi connectivity index (χ1n) is 8.72. The topological polar surface area (TPSA) is 24.9 Å². The maximum absolute atomic E-state index is 6.73. The van der Waals surface area contributed by atoms with Gasteiger partial charge in [0.25, 0.3) is 0 Å². The number of para-hydroxylation sites is 4. The minimum atomic E-state index is -2.43. The normalized spacial score (nSPS) is 18.0. The molecule has 132 valence electrons. The van der Waals surface area contributed by atoms with E-state index in [0.717, 1.165) is 11.5 Å². The minimum Gasteiger partial charge on any atom is -0.263 e. The zero-order valence-electron chi connectivity index (χ0n) is 15.8. The van der Waals surface area contributed by atoms with Crippen LogP contribution in [0.4, 0.5) is 11.4 Å². The van der Waals surface area contributed by atoms with Crippen LogP contribution in [0.5, 0.6) is 11.5 Å². The summed E-state index contributed by atoms with van der Waals surface area (Å²) in [6, 6.07) is 16.8. The van der Waals surface area contributed by atoms with Crippen LogP contribution in [0.3, 0.4) is 0 Å². The van der Waals surface area contributed by atoms with Crippen LogP contribution in [0, 0.1) is 0 Å². The van der Waals surface area contributed by atoms with E-state index in [0.29, 0.717) is 0 Å². The Labute approximate surface area is 153 Å². The predicted molar refractivity (Wildman–Crippen MR) is 113 cm³/mol. The maximum Gasteiger partial charge on any atom is 0.560 e. The Kier molecular flexibility index (Phi) is 3.56. The van der Waals surface area contributed by atoms with Crippen LogP contribution in [0.2, 0.25) is 39.3 Å². The van der Waals surface area contributed by atoms with Crippen molar-refractivity contribution in [3.05, 3.63) is 48.5 Å². The largest absolute Gasteiger partial charge is 0.560 e.